The molecule has 0 aliphatic carbocycles. The van der Waals surface area contributed by atoms with Gasteiger partial charge in [0.15, 0.2) is 0 Å². The first-order valence-corrected chi connectivity index (χ1v) is 7.74. The van der Waals surface area contributed by atoms with Gasteiger partial charge in [-0.3, -0.25) is 4.79 Å². The topological polar surface area (TPSA) is 45.3 Å². The maximum Gasteiger partial charge on any atom is 0.272 e. The van der Waals surface area contributed by atoms with Crippen LogP contribution >= 0.6 is 15.9 Å². The monoisotopic (exact) mass is 396 g/mol. The summed E-state index contributed by atoms with van der Waals surface area (Å²) in [6.07, 6.45) is 4.38. The van der Waals surface area contributed by atoms with Crippen LogP contribution in [0.3, 0.4) is 0 Å². The molecule has 0 aliphatic rings. The van der Waals surface area contributed by atoms with E-state index in [2.05, 4.69) is 26.8 Å². The van der Waals surface area contributed by atoms with Crippen molar-refractivity contribution in [2.75, 3.05) is 20.7 Å². The molecule has 0 radical (unpaired) electrons. The molecular formula is C17H15BrF2N2O2. The van der Waals surface area contributed by atoms with Crippen LogP contribution < -0.4 is 4.74 Å². The largest absolute Gasteiger partial charge is 0.486 e. The van der Waals surface area contributed by atoms with Crippen LogP contribution in [0.1, 0.15) is 10.5 Å². The molecule has 0 saturated heterocycles. The number of ketones is 1. The highest BCUT2D eigenvalue weighted by Crippen LogP contribution is 2.31. The van der Waals surface area contributed by atoms with Crippen molar-refractivity contribution in [3.63, 3.8) is 0 Å². The zero-order chi connectivity index (χ0) is 17.9. The molecule has 2 rings (SSSR count). The summed E-state index contributed by atoms with van der Waals surface area (Å²) in [5.41, 5.74) is 1.18. The number of nitrogens with one attached hydrogen (secondary N) is 1. The van der Waals surface area contributed by atoms with Gasteiger partial charge < -0.3 is 14.6 Å². The van der Waals surface area contributed by atoms with Gasteiger partial charge in [0.05, 0.1) is 15.7 Å². The molecule has 0 saturated carbocycles. The lowest BCUT2D eigenvalue weighted by Crippen LogP contribution is -2.09. The number of carbonyl (C=O) groups is 1. The molecule has 1 heterocycles. The van der Waals surface area contributed by atoms with Gasteiger partial charge in [0.2, 0.25) is 5.78 Å². The maximum absolute atomic E-state index is 12.5. The number of benzene rings is 1. The summed E-state index contributed by atoms with van der Waals surface area (Å²) in [4.78, 5) is 17.1. The fourth-order valence-electron chi connectivity index (χ4n) is 2.08. The summed E-state index contributed by atoms with van der Waals surface area (Å²) in [5.74, 6) is 2.32. The first-order chi connectivity index (χ1) is 11.3. The van der Waals surface area contributed by atoms with E-state index in [4.69, 9.17) is 11.2 Å². The Balaban J connectivity index is 2.38. The fourth-order valence-corrected chi connectivity index (χ4v) is 2.54. The number of fused-ring (bicyclic) bond motifs is 1. The van der Waals surface area contributed by atoms with Crippen molar-refractivity contribution in [3.05, 3.63) is 40.1 Å². The Bertz CT molecular complexity index is 835. The lowest BCUT2D eigenvalue weighted by Gasteiger charge is -2.07. The second-order valence-corrected chi connectivity index (χ2v) is 6.09. The highest BCUT2D eigenvalue weighted by atomic mass is 79.9. The van der Waals surface area contributed by atoms with Crippen molar-refractivity contribution in [2.45, 2.75) is 6.43 Å². The molecule has 0 unspecified atom stereocenters. The average molecular weight is 397 g/mol. The number of allylic oxidation sites excluding steroid dienone is 1. The summed E-state index contributed by atoms with van der Waals surface area (Å²) in [7, 11) is 3.53. The van der Waals surface area contributed by atoms with Gasteiger partial charge in [-0.1, -0.05) is 5.92 Å². The van der Waals surface area contributed by atoms with Gasteiger partial charge in [0.1, 0.15) is 12.4 Å². The summed E-state index contributed by atoms with van der Waals surface area (Å²) in [6.45, 7) is -0.701. The van der Waals surface area contributed by atoms with Crippen molar-refractivity contribution in [2.24, 2.45) is 0 Å². The minimum Gasteiger partial charge on any atom is -0.486 e. The Labute approximate surface area is 146 Å². The average Bonchev–Trinajstić information content (AvgIpc) is 2.91. The number of halogens is 3. The van der Waals surface area contributed by atoms with Crippen LogP contribution in [-0.2, 0) is 0 Å². The normalized spacial score (nSPS) is 11.6. The van der Waals surface area contributed by atoms with E-state index < -0.39 is 13.0 Å². The van der Waals surface area contributed by atoms with E-state index in [-0.39, 0.29) is 17.1 Å². The van der Waals surface area contributed by atoms with Gasteiger partial charge in [0.25, 0.3) is 6.43 Å². The quantitative estimate of drug-likeness (QED) is 0.458. The lowest BCUT2D eigenvalue weighted by atomic mass is 10.1. The van der Waals surface area contributed by atoms with Crippen LogP contribution in [0.2, 0.25) is 0 Å². The number of rotatable bonds is 6. The molecule has 0 spiro atoms. The van der Waals surface area contributed by atoms with E-state index in [1.807, 2.05) is 0 Å². The molecule has 1 aromatic heterocycles. The number of hydrogen-bond donors (Lipinski definition) is 1. The van der Waals surface area contributed by atoms with Crippen LogP contribution in [0.15, 0.2) is 34.4 Å². The zero-order valence-electron chi connectivity index (χ0n) is 13.1. The molecular weight excluding hydrogens is 382 g/mol. The summed E-state index contributed by atoms with van der Waals surface area (Å²) in [5, 5.41) is 0.659. The molecule has 0 bridgehead atoms. The Morgan fingerprint density at radius 1 is 1.46 bits per heavy atom. The first kappa shape index (κ1) is 18.0. The number of hydrogen-bond acceptors (Lipinski definition) is 3. The molecule has 1 N–H and O–H groups in total. The molecule has 126 valence electrons. The van der Waals surface area contributed by atoms with Gasteiger partial charge in [-0.25, -0.2) is 8.78 Å². The number of nitrogens with zero attached hydrogens (tertiary/aromatic N) is 1. The molecule has 0 amide bonds. The minimum atomic E-state index is -2.56. The fraction of sp³-hybridized carbons (Fsp3) is 0.235. The molecule has 1 aromatic carbocycles. The summed E-state index contributed by atoms with van der Waals surface area (Å²) >= 11 is 3.26. The smallest absolute Gasteiger partial charge is 0.272 e. The number of ether oxygens (including phenoxy) is 1. The Kier molecular flexibility index (Phi) is 5.62. The van der Waals surface area contributed by atoms with Crippen LogP contribution in [0, 0.1) is 12.3 Å². The number of aromatic nitrogens is 1. The number of carbonyl (C=O) groups excluding carboxylic acids is 1. The van der Waals surface area contributed by atoms with Crippen molar-refractivity contribution in [1.29, 1.82) is 0 Å². The van der Waals surface area contributed by atoms with Crippen molar-refractivity contribution >= 4 is 32.6 Å². The van der Waals surface area contributed by atoms with Crippen molar-refractivity contribution < 1.29 is 18.3 Å². The molecule has 4 nitrogen and oxygen atoms in total. The Morgan fingerprint density at radius 3 is 2.75 bits per heavy atom. The summed E-state index contributed by atoms with van der Waals surface area (Å²) < 4.78 is 30.1. The zero-order valence-corrected chi connectivity index (χ0v) is 14.7. The molecule has 0 aliphatic heterocycles. The molecule has 2 aromatic rings. The van der Waals surface area contributed by atoms with Crippen LogP contribution in [0.25, 0.3) is 10.9 Å². The van der Waals surface area contributed by atoms with E-state index in [0.717, 1.165) is 0 Å². The van der Waals surface area contributed by atoms with Gasteiger partial charge in [0, 0.05) is 31.2 Å². The van der Waals surface area contributed by atoms with Gasteiger partial charge >= 0.3 is 0 Å². The highest BCUT2D eigenvalue weighted by Gasteiger charge is 2.16. The SMILES string of the molecule is C#C/C(=C\N(C)C)C(=O)c1cc2cc(OCC(F)F)c(Br)cc2[nH]1. The number of alkyl halides is 2. The predicted octanol–water partition coefficient (Wildman–Crippen LogP) is 3.84. The lowest BCUT2D eigenvalue weighted by molar-refractivity contribution is 0.0816. The third-order valence-corrected chi connectivity index (χ3v) is 3.69. The first-order valence-electron chi connectivity index (χ1n) is 6.94. The van der Waals surface area contributed by atoms with E-state index >= 15 is 0 Å². The maximum atomic E-state index is 12.5. The third-order valence-electron chi connectivity index (χ3n) is 3.07. The van der Waals surface area contributed by atoms with Crippen molar-refractivity contribution in [3.8, 4) is 18.1 Å². The van der Waals surface area contributed by atoms with Crippen molar-refractivity contribution in [1.82, 2.24) is 9.88 Å². The molecule has 7 heteroatoms. The predicted molar refractivity (Wildman–Crippen MR) is 92.4 cm³/mol. The standard InChI is InChI=1S/C17H15BrF2N2O2/c1-4-10(8-22(2)3)17(23)14-5-11-6-15(24-9-16(19)20)12(18)7-13(11)21-14/h1,5-8,16,21H,9H2,2-3H3/b10-8+. The number of H-pyrrole nitrogens is 1. The van der Waals surface area contributed by atoms with Crippen LogP contribution in [0.5, 0.6) is 5.75 Å². The molecule has 0 atom stereocenters. The second-order valence-electron chi connectivity index (χ2n) is 5.23. The van der Waals surface area contributed by atoms with E-state index in [0.29, 0.717) is 21.1 Å². The number of aromatic amines is 1. The minimum absolute atomic E-state index is 0.208. The van der Waals surface area contributed by atoms with Gasteiger partial charge in [-0.05, 0) is 34.1 Å². The van der Waals surface area contributed by atoms with E-state index in [1.54, 1.807) is 43.4 Å². The van der Waals surface area contributed by atoms with Crippen LogP contribution in [-0.4, -0.2) is 42.8 Å². The van der Waals surface area contributed by atoms with Gasteiger partial charge in [-0.2, -0.15) is 0 Å². The number of terminal acetylenes is 1. The van der Waals surface area contributed by atoms with E-state index in [1.165, 1.54) is 0 Å². The number of Topliss-reactive ketones (excluding diaryl/α,β-unsaturated/α-hetero) is 1. The van der Waals surface area contributed by atoms with Gasteiger partial charge in [-0.15, -0.1) is 6.42 Å². The molecule has 24 heavy (non-hydrogen) atoms. The van der Waals surface area contributed by atoms with E-state index in [9.17, 15) is 13.6 Å². The Morgan fingerprint density at radius 2 is 2.17 bits per heavy atom. The third kappa shape index (κ3) is 4.15. The highest BCUT2D eigenvalue weighted by molar-refractivity contribution is 9.10. The van der Waals surface area contributed by atoms with Crippen LogP contribution in [0.4, 0.5) is 8.78 Å². The molecule has 0 fully saturated rings. The second kappa shape index (κ2) is 7.49. The Hall–Kier alpha value is -2.33. The summed E-state index contributed by atoms with van der Waals surface area (Å²) in [6, 6.07) is 4.86.